The van der Waals surface area contributed by atoms with Gasteiger partial charge in [0, 0.05) is 15.7 Å². The summed E-state index contributed by atoms with van der Waals surface area (Å²) in [5.41, 5.74) is 0.513. The first-order valence-electron chi connectivity index (χ1n) is 7.48. The number of aromatic nitrogens is 2. The first kappa shape index (κ1) is 16.4. The Morgan fingerprint density at radius 2 is 2.00 bits per heavy atom. The zero-order chi connectivity index (χ0) is 16.9. The monoisotopic (exact) mass is 347 g/mol. The van der Waals surface area contributed by atoms with E-state index in [1.807, 2.05) is 12.1 Å². The van der Waals surface area contributed by atoms with Crippen LogP contribution in [0, 0.1) is 0 Å². The normalized spacial score (nSPS) is 13.9. The number of nitrogens with one attached hydrogen (secondary N) is 1. The van der Waals surface area contributed by atoms with Crippen LogP contribution in [-0.4, -0.2) is 34.6 Å². The van der Waals surface area contributed by atoms with E-state index in [2.05, 4.69) is 29.4 Å². The Balaban J connectivity index is 1.64. The molecule has 3 rings (SSSR count). The van der Waals surface area contributed by atoms with Gasteiger partial charge in [0.15, 0.2) is 0 Å². The number of benzene rings is 1. The number of nitrogens with zero attached hydrogens (tertiary/aromatic N) is 2. The molecule has 0 spiro atoms. The molecule has 0 aliphatic carbocycles. The Bertz CT molecular complexity index is 740. The van der Waals surface area contributed by atoms with Gasteiger partial charge in [-0.15, -0.1) is 16.9 Å². The number of thioether (sulfide) groups is 1. The number of hydrogen-bond donors (Lipinski definition) is 1. The lowest BCUT2D eigenvalue weighted by molar-refractivity contribution is 0.102. The average molecular weight is 347 g/mol. The molecule has 1 aliphatic rings. The molecule has 1 aromatic carbocycles. The summed E-state index contributed by atoms with van der Waals surface area (Å²) in [4.78, 5) is 13.3. The Morgan fingerprint density at radius 3 is 2.67 bits per heavy atom. The van der Waals surface area contributed by atoms with E-state index in [9.17, 15) is 4.79 Å². The van der Waals surface area contributed by atoms with E-state index >= 15 is 0 Å². The highest BCUT2D eigenvalue weighted by molar-refractivity contribution is 7.99. The van der Waals surface area contributed by atoms with E-state index in [4.69, 9.17) is 13.9 Å². The van der Waals surface area contributed by atoms with Crippen molar-refractivity contribution in [2.24, 2.45) is 0 Å². The number of hydrogen-bond acceptors (Lipinski definition) is 7. The van der Waals surface area contributed by atoms with Crippen LogP contribution in [-0.2, 0) is 9.47 Å². The molecule has 0 saturated carbocycles. The zero-order valence-electron chi connectivity index (χ0n) is 13.3. The van der Waals surface area contributed by atoms with Crippen molar-refractivity contribution in [2.45, 2.75) is 24.0 Å². The van der Waals surface area contributed by atoms with Crippen molar-refractivity contribution >= 4 is 29.4 Å². The number of anilines is 1. The summed E-state index contributed by atoms with van der Waals surface area (Å²) in [6.07, 6.45) is 1.41. The highest BCUT2D eigenvalue weighted by Gasteiger charge is 2.17. The Labute approximate surface area is 143 Å². The van der Waals surface area contributed by atoms with Crippen molar-refractivity contribution in [1.29, 1.82) is 0 Å². The van der Waals surface area contributed by atoms with E-state index in [-0.39, 0.29) is 17.8 Å². The van der Waals surface area contributed by atoms with Crippen LogP contribution in [0.1, 0.15) is 30.1 Å². The van der Waals surface area contributed by atoms with Gasteiger partial charge in [-0.2, -0.15) is 0 Å². The van der Waals surface area contributed by atoms with E-state index in [0.717, 1.165) is 4.90 Å². The lowest BCUT2D eigenvalue weighted by atomic mass is 10.2. The molecule has 0 atom stereocenters. The topological polar surface area (TPSA) is 86.5 Å². The fraction of sp³-hybridized carbons (Fsp3) is 0.312. The third-order valence-corrected chi connectivity index (χ3v) is 4.01. The standard InChI is InChI=1S/C16H17N3O4S/c1-10(2)24-12-5-3-11(4-6-12)14(20)17-16-19-18-15(23-16)13-9-21-7-8-22-13/h3-6,9-10H,7-8H2,1-2H3,(H,17,19,20). The molecule has 24 heavy (non-hydrogen) atoms. The van der Waals surface area contributed by atoms with Crippen LogP contribution in [0.2, 0.25) is 0 Å². The predicted molar refractivity (Wildman–Crippen MR) is 89.6 cm³/mol. The highest BCUT2D eigenvalue weighted by Crippen LogP contribution is 2.23. The van der Waals surface area contributed by atoms with E-state index < -0.39 is 0 Å². The fourth-order valence-corrected chi connectivity index (χ4v) is 2.82. The summed E-state index contributed by atoms with van der Waals surface area (Å²) in [6, 6.07) is 7.36. The van der Waals surface area contributed by atoms with Gasteiger partial charge in [0.05, 0.1) is 0 Å². The van der Waals surface area contributed by atoms with Crippen molar-refractivity contribution < 1.29 is 18.7 Å². The van der Waals surface area contributed by atoms with Gasteiger partial charge < -0.3 is 13.9 Å². The third kappa shape index (κ3) is 4.08. The average Bonchev–Trinajstić information content (AvgIpc) is 3.04. The zero-order valence-corrected chi connectivity index (χ0v) is 14.1. The largest absolute Gasteiger partial charge is 0.494 e. The van der Waals surface area contributed by atoms with E-state index in [0.29, 0.717) is 29.8 Å². The first-order valence-corrected chi connectivity index (χ1v) is 8.36. The SMILES string of the molecule is CC(C)Sc1ccc(C(=O)Nc2nnc(C3=COCCO3)o2)cc1. The fourth-order valence-electron chi connectivity index (χ4n) is 1.98. The van der Waals surface area contributed by atoms with Gasteiger partial charge in [-0.05, 0) is 24.3 Å². The maximum atomic E-state index is 12.2. The summed E-state index contributed by atoms with van der Waals surface area (Å²) in [7, 11) is 0. The molecule has 1 aliphatic heterocycles. The molecule has 0 fully saturated rings. The molecule has 0 saturated heterocycles. The molecule has 0 bridgehead atoms. The van der Waals surface area contributed by atoms with Gasteiger partial charge in [-0.1, -0.05) is 18.9 Å². The maximum Gasteiger partial charge on any atom is 0.322 e. The van der Waals surface area contributed by atoms with Gasteiger partial charge in [-0.25, -0.2) is 0 Å². The minimum Gasteiger partial charge on any atom is -0.494 e. The number of ether oxygens (including phenoxy) is 2. The summed E-state index contributed by atoms with van der Waals surface area (Å²) < 4.78 is 15.8. The van der Waals surface area contributed by atoms with Crippen LogP contribution < -0.4 is 5.32 Å². The summed E-state index contributed by atoms with van der Waals surface area (Å²) in [6.45, 7) is 5.13. The molecule has 8 heteroatoms. The molecular formula is C16H17N3O4S. The number of rotatable bonds is 5. The minimum atomic E-state index is -0.318. The van der Waals surface area contributed by atoms with Crippen molar-refractivity contribution in [3.63, 3.8) is 0 Å². The molecule has 2 heterocycles. The lowest BCUT2D eigenvalue weighted by Crippen LogP contribution is -2.12. The molecule has 1 amide bonds. The van der Waals surface area contributed by atoms with Crippen molar-refractivity contribution in [3.05, 3.63) is 42.0 Å². The smallest absolute Gasteiger partial charge is 0.322 e. The molecule has 0 unspecified atom stereocenters. The predicted octanol–water partition coefficient (Wildman–Crippen LogP) is 3.17. The Hall–Kier alpha value is -2.48. The molecule has 2 aromatic rings. The first-order chi connectivity index (χ1) is 11.6. The lowest BCUT2D eigenvalue weighted by Gasteiger charge is -2.11. The Morgan fingerprint density at radius 1 is 1.21 bits per heavy atom. The number of amides is 1. The van der Waals surface area contributed by atoms with Gasteiger partial charge in [0.25, 0.3) is 11.8 Å². The van der Waals surface area contributed by atoms with Crippen LogP contribution in [0.5, 0.6) is 0 Å². The minimum absolute atomic E-state index is 0.00528. The van der Waals surface area contributed by atoms with Crippen molar-refractivity contribution in [3.8, 4) is 0 Å². The van der Waals surface area contributed by atoms with E-state index in [1.165, 1.54) is 6.26 Å². The van der Waals surface area contributed by atoms with Gasteiger partial charge in [0.1, 0.15) is 19.5 Å². The maximum absolute atomic E-state index is 12.2. The van der Waals surface area contributed by atoms with Crippen LogP contribution in [0.3, 0.4) is 0 Å². The quantitative estimate of drug-likeness (QED) is 0.831. The second-order valence-corrected chi connectivity index (χ2v) is 6.91. The molecule has 7 nitrogen and oxygen atoms in total. The molecule has 1 aromatic heterocycles. The second-order valence-electron chi connectivity index (χ2n) is 5.26. The second kappa shape index (κ2) is 7.39. The van der Waals surface area contributed by atoms with Crippen molar-refractivity contribution in [1.82, 2.24) is 10.2 Å². The molecule has 1 N–H and O–H groups in total. The molecule has 126 valence electrons. The molecule has 0 radical (unpaired) electrons. The van der Waals surface area contributed by atoms with Crippen LogP contribution in [0.4, 0.5) is 6.01 Å². The number of carbonyl (C=O) groups is 1. The van der Waals surface area contributed by atoms with Crippen LogP contribution in [0.25, 0.3) is 5.76 Å². The van der Waals surface area contributed by atoms with Crippen molar-refractivity contribution in [2.75, 3.05) is 18.5 Å². The summed E-state index contributed by atoms with van der Waals surface area (Å²) in [5.74, 6) is 0.194. The van der Waals surface area contributed by atoms with Gasteiger partial charge in [-0.3, -0.25) is 10.1 Å². The third-order valence-electron chi connectivity index (χ3n) is 2.99. The molecular weight excluding hydrogens is 330 g/mol. The van der Waals surface area contributed by atoms with Crippen LogP contribution in [0.15, 0.2) is 39.8 Å². The van der Waals surface area contributed by atoms with Crippen LogP contribution >= 0.6 is 11.8 Å². The Kier molecular flexibility index (Phi) is 5.05. The summed E-state index contributed by atoms with van der Waals surface area (Å²) in [5, 5.41) is 10.7. The van der Waals surface area contributed by atoms with Gasteiger partial charge in [0.2, 0.25) is 5.76 Å². The van der Waals surface area contributed by atoms with E-state index in [1.54, 1.807) is 23.9 Å². The highest BCUT2D eigenvalue weighted by atomic mass is 32.2. The number of carbonyl (C=O) groups excluding carboxylic acids is 1. The van der Waals surface area contributed by atoms with Gasteiger partial charge >= 0.3 is 6.01 Å². The summed E-state index contributed by atoms with van der Waals surface area (Å²) >= 11 is 1.74.